The van der Waals surface area contributed by atoms with Crippen molar-refractivity contribution in [3.05, 3.63) is 144 Å². The van der Waals surface area contributed by atoms with Crippen LogP contribution in [0.1, 0.15) is 184 Å². The van der Waals surface area contributed by atoms with Crippen molar-refractivity contribution in [1.29, 1.82) is 0 Å². The fraction of sp³-hybridized carbons (Fsp3) is 0.414. The fourth-order valence-corrected chi connectivity index (χ4v) is 7.60. The Morgan fingerprint density at radius 3 is 1.10 bits per heavy atom. The highest BCUT2D eigenvalue weighted by molar-refractivity contribution is 6.06. The normalized spacial score (nSPS) is 10.9. The number of anilines is 1. The number of hydrogen-bond donors (Lipinski definition) is 1. The summed E-state index contributed by atoms with van der Waals surface area (Å²) >= 11 is 0. The van der Waals surface area contributed by atoms with Crippen molar-refractivity contribution in [1.82, 2.24) is 0 Å². The lowest BCUT2D eigenvalue weighted by Crippen LogP contribution is -2.14. The molecule has 5 rings (SSSR count). The molecule has 10 heteroatoms. The average Bonchev–Trinajstić information content (AvgIpc) is 3.36. The van der Waals surface area contributed by atoms with E-state index in [0.717, 1.165) is 31.4 Å². The molecule has 0 radical (unpaired) electrons. The summed E-state index contributed by atoms with van der Waals surface area (Å²) in [7, 11) is 0. The van der Waals surface area contributed by atoms with Gasteiger partial charge in [-0.2, -0.15) is 0 Å². The molecule has 0 heterocycles. The number of rotatable bonds is 32. The molecule has 68 heavy (non-hydrogen) atoms. The van der Waals surface area contributed by atoms with Crippen LogP contribution >= 0.6 is 0 Å². The Morgan fingerprint density at radius 2 is 0.676 bits per heavy atom. The fourth-order valence-electron chi connectivity index (χ4n) is 7.60. The predicted molar refractivity (Wildman–Crippen MR) is 270 cm³/mol. The number of nitrogens with one attached hydrogen (secondary N) is 1. The Balaban J connectivity index is 0.975. The van der Waals surface area contributed by atoms with E-state index >= 15 is 0 Å². The Bertz CT molecular complexity index is 2240. The summed E-state index contributed by atoms with van der Waals surface area (Å²) in [5, 5.41) is 2.80. The van der Waals surface area contributed by atoms with Crippen LogP contribution in [0.4, 0.5) is 5.69 Å². The molecule has 0 saturated carbocycles. The first kappa shape index (κ1) is 52.5. The molecule has 0 atom stereocenters. The summed E-state index contributed by atoms with van der Waals surface area (Å²) in [5.74, 6) is 0.155. The third-order valence-electron chi connectivity index (χ3n) is 11.6. The van der Waals surface area contributed by atoms with Crippen LogP contribution in [0.3, 0.4) is 0 Å². The van der Waals surface area contributed by atoms with Crippen LogP contribution < -0.4 is 29.0 Å². The Morgan fingerprint density at radius 1 is 0.353 bits per heavy atom. The predicted octanol–water partition coefficient (Wildman–Crippen LogP) is 15.2. The van der Waals surface area contributed by atoms with E-state index in [1.54, 1.807) is 91.0 Å². The molecule has 0 bridgehead atoms. The van der Waals surface area contributed by atoms with E-state index in [0.29, 0.717) is 41.7 Å². The zero-order chi connectivity index (χ0) is 48.0. The van der Waals surface area contributed by atoms with Gasteiger partial charge >= 0.3 is 17.9 Å². The topological polar surface area (TPSA) is 126 Å². The highest BCUT2D eigenvalue weighted by Gasteiger charge is 2.16. The van der Waals surface area contributed by atoms with Gasteiger partial charge in [-0.15, -0.1) is 0 Å². The van der Waals surface area contributed by atoms with Gasteiger partial charge in [0, 0.05) is 11.3 Å². The SMILES string of the molecule is CCCCCCCCCCCCOc1ccc(OC(=O)c2ccc(OC(=O)c3cccc(C(=O)Nc4ccc(OC(=O)c5ccc(OCCCCCCCCCCCC)cc5)cc4)c3)cc2)cc1. The van der Waals surface area contributed by atoms with Crippen molar-refractivity contribution in [3.8, 4) is 28.7 Å². The third-order valence-corrected chi connectivity index (χ3v) is 11.6. The van der Waals surface area contributed by atoms with Crippen LogP contribution in [0, 0.1) is 0 Å². The second-order valence-corrected chi connectivity index (χ2v) is 17.3. The minimum Gasteiger partial charge on any atom is -0.494 e. The van der Waals surface area contributed by atoms with Gasteiger partial charge in [-0.1, -0.05) is 135 Å². The van der Waals surface area contributed by atoms with Crippen LogP contribution in [-0.2, 0) is 0 Å². The highest BCUT2D eigenvalue weighted by Crippen LogP contribution is 2.23. The molecule has 0 aliphatic rings. The number of unbranched alkanes of at least 4 members (excludes halogenated alkanes) is 18. The Labute approximate surface area is 404 Å². The average molecular weight is 926 g/mol. The molecular formula is C58H71NO9. The summed E-state index contributed by atoms with van der Waals surface area (Å²) < 4.78 is 28.4. The number of esters is 3. The van der Waals surface area contributed by atoms with Crippen molar-refractivity contribution >= 4 is 29.5 Å². The molecule has 5 aromatic carbocycles. The number of carbonyl (C=O) groups is 4. The van der Waals surface area contributed by atoms with Crippen LogP contribution in [-0.4, -0.2) is 37.0 Å². The minimum absolute atomic E-state index is 0.160. The molecular weight excluding hydrogens is 855 g/mol. The Kier molecular flexibility index (Phi) is 23.8. The smallest absolute Gasteiger partial charge is 0.343 e. The maximum atomic E-state index is 13.2. The maximum Gasteiger partial charge on any atom is 0.343 e. The van der Waals surface area contributed by atoms with Crippen molar-refractivity contribution in [2.45, 2.75) is 142 Å². The quantitative estimate of drug-likeness (QED) is 0.0255. The standard InChI is InChI=1S/C58H71NO9/c1-3-5-7-9-11-13-15-17-19-21-42-64-50-32-26-45(27-33-50)56(61)66-53-36-30-49(31-37-53)59-55(60)47-24-23-25-48(44-47)58(63)68-52-34-28-46(29-35-52)57(62)67-54-40-38-51(39-41-54)65-43-22-20-18-16-14-12-10-8-6-4-2/h23-41,44H,3-22,42-43H2,1-2H3,(H,59,60). The van der Waals surface area contributed by atoms with Crippen LogP contribution in [0.15, 0.2) is 121 Å². The summed E-state index contributed by atoms with van der Waals surface area (Å²) in [6.07, 6.45) is 25.3. The van der Waals surface area contributed by atoms with Crippen LogP contribution in [0.2, 0.25) is 0 Å². The molecule has 362 valence electrons. The van der Waals surface area contributed by atoms with Crippen molar-refractivity contribution < 1.29 is 42.9 Å². The molecule has 0 aliphatic heterocycles. The van der Waals surface area contributed by atoms with Crippen molar-refractivity contribution in [3.63, 3.8) is 0 Å². The lowest BCUT2D eigenvalue weighted by atomic mass is 10.1. The maximum absolute atomic E-state index is 13.2. The lowest BCUT2D eigenvalue weighted by Gasteiger charge is -2.10. The van der Waals surface area contributed by atoms with E-state index in [-0.39, 0.29) is 22.4 Å². The van der Waals surface area contributed by atoms with Gasteiger partial charge < -0.3 is 29.0 Å². The summed E-state index contributed by atoms with van der Waals surface area (Å²) in [6, 6.07) is 32.5. The van der Waals surface area contributed by atoms with Gasteiger partial charge in [-0.05, 0) is 128 Å². The van der Waals surface area contributed by atoms with E-state index in [1.807, 2.05) is 0 Å². The van der Waals surface area contributed by atoms with Gasteiger partial charge in [0.25, 0.3) is 5.91 Å². The molecule has 0 aromatic heterocycles. The number of benzene rings is 5. The van der Waals surface area contributed by atoms with Gasteiger partial charge in [0.15, 0.2) is 0 Å². The van der Waals surface area contributed by atoms with E-state index in [1.165, 1.54) is 133 Å². The summed E-state index contributed by atoms with van der Waals surface area (Å²) in [6.45, 7) is 5.79. The zero-order valence-electron chi connectivity index (χ0n) is 40.3. The molecule has 1 amide bonds. The highest BCUT2D eigenvalue weighted by atomic mass is 16.5. The molecule has 0 unspecified atom stereocenters. The van der Waals surface area contributed by atoms with Crippen LogP contribution in [0.5, 0.6) is 28.7 Å². The number of carbonyl (C=O) groups excluding carboxylic acids is 4. The van der Waals surface area contributed by atoms with Crippen LogP contribution in [0.25, 0.3) is 0 Å². The zero-order valence-corrected chi connectivity index (χ0v) is 40.3. The number of ether oxygens (including phenoxy) is 5. The largest absolute Gasteiger partial charge is 0.494 e. The van der Waals surface area contributed by atoms with Gasteiger partial charge in [0.2, 0.25) is 0 Å². The summed E-state index contributed by atoms with van der Waals surface area (Å²) in [4.78, 5) is 51.9. The first-order chi connectivity index (χ1) is 33.3. The summed E-state index contributed by atoms with van der Waals surface area (Å²) in [5.41, 5.74) is 1.53. The van der Waals surface area contributed by atoms with Gasteiger partial charge in [-0.3, -0.25) is 4.79 Å². The molecule has 0 aliphatic carbocycles. The second kappa shape index (κ2) is 30.8. The molecule has 5 aromatic rings. The molecule has 1 N–H and O–H groups in total. The van der Waals surface area contributed by atoms with E-state index in [2.05, 4.69) is 19.2 Å². The molecule has 0 spiro atoms. The van der Waals surface area contributed by atoms with Gasteiger partial charge in [0.05, 0.1) is 29.9 Å². The van der Waals surface area contributed by atoms with E-state index < -0.39 is 23.8 Å². The molecule has 0 fully saturated rings. The second-order valence-electron chi connectivity index (χ2n) is 17.3. The minimum atomic E-state index is -0.678. The van der Waals surface area contributed by atoms with Gasteiger partial charge in [0.1, 0.15) is 28.7 Å². The molecule has 10 nitrogen and oxygen atoms in total. The third kappa shape index (κ3) is 19.8. The number of amides is 1. The van der Waals surface area contributed by atoms with Crippen molar-refractivity contribution in [2.24, 2.45) is 0 Å². The number of hydrogen-bond acceptors (Lipinski definition) is 9. The Hall–Kier alpha value is -6.42. The molecule has 0 saturated heterocycles. The van der Waals surface area contributed by atoms with Crippen molar-refractivity contribution in [2.75, 3.05) is 18.5 Å². The van der Waals surface area contributed by atoms with E-state index in [4.69, 9.17) is 23.7 Å². The lowest BCUT2D eigenvalue weighted by molar-refractivity contribution is 0.0723. The van der Waals surface area contributed by atoms with E-state index in [9.17, 15) is 19.2 Å². The first-order valence-electron chi connectivity index (χ1n) is 25.0. The first-order valence-corrected chi connectivity index (χ1v) is 25.0. The monoisotopic (exact) mass is 926 g/mol. The van der Waals surface area contributed by atoms with Gasteiger partial charge in [-0.25, -0.2) is 14.4 Å².